The lowest BCUT2D eigenvalue weighted by atomic mass is 10.3. The maximum Gasteiger partial charge on any atom is 0.0106 e. The van der Waals surface area contributed by atoms with Gasteiger partial charge in [0.2, 0.25) is 0 Å². The number of unbranched alkanes of at least 4 members (excludes halogenated alkanes) is 1. The van der Waals surface area contributed by atoms with Gasteiger partial charge in [-0.1, -0.05) is 18.2 Å². The highest BCUT2D eigenvalue weighted by molar-refractivity contribution is 4.84. The van der Waals surface area contributed by atoms with Crippen molar-refractivity contribution in [2.75, 3.05) is 6.54 Å². The van der Waals surface area contributed by atoms with E-state index in [1.165, 1.54) is 0 Å². The molecule has 0 aromatic carbocycles. The Morgan fingerprint density at radius 2 is 2.00 bits per heavy atom. The van der Waals surface area contributed by atoms with Gasteiger partial charge in [-0.3, -0.25) is 0 Å². The predicted octanol–water partition coefficient (Wildman–Crippen LogP) is 1.47. The first-order chi connectivity index (χ1) is 3.91. The molecule has 0 unspecified atom stereocenters. The molecule has 0 aliphatic carbocycles. The summed E-state index contributed by atoms with van der Waals surface area (Å²) in [6, 6.07) is 0. The molecule has 0 fully saturated rings. The minimum absolute atomic E-state index is 0.650. The molecule has 0 aliphatic heterocycles. The van der Waals surface area contributed by atoms with Gasteiger partial charge in [0.15, 0.2) is 0 Å². The molecule has 0 radical (unpaired) electrons. The third-order valence-corrected chi connectivity index (χ3v) is 0.840. The summed E-state index contributed by atoms with van der Waals surface area (Å²) in [6.07, 6.45) is 8.06. The summed E-state index contributed by atoms with van der Waals surface area (Å²) >= 11 is 0. The van der Waals surface area contributed by atoms with Crippen molar-refractivity contribution >= 4 is 0 Å². The molecular formula is C7H13N. The van der Waals surface area contributed by atoms with E-state index in [-0.39, 0.29) is 0 Å². The van der Waals surface area contributed by atoms with E-state index in [0.29, 0.717) is 6.54 Å². The van der Waals surface area contributed by atoms with Crippen LogP contribution in [0.5, 0.6) is 0 Å². The van der Waals surface area contributed by atoms with E-state index in [2.05, 4.69) is 12.7 Å². The molecule has 0 spiro atoms. The van der Waals surface area contributed by atoms with Gasteiger partial charge < -0.3 is 5.73 Å². The molecule has 1 heteroatoms. The summed E-state index contributed by atoms with van der Waals surface area (Å²) in [4.78, 5) is 0. The molecule has 0 saturated heterocycles. The van der Waals surface area contributed by atoms with Crippen LogP contribution in [0.3, 0.4) is 0 Å². The van der Waals surface area contributed by atoms with Crippen molar-refractivity contribution in [3.05, 3.63) is 24.8 Å². The first kappa shape index (κ1) is 7.44. The Labute approximate surface area is 50.9 Å². The third kappa shape index (κ3) is 5.44. The summed E-state index contributed by atoms with van der Waals surface area (Å²) in [6.45, 7) is 4.24. The smallest absolute Gasteiger partial charge is 0.0106 e. The van der Waals surface area contributed by atoms with Gasteiger partial charge in [0.25, 0.3) is 0 Å². The molecule has 0 aromatic rings. The summed E-state index contributed by atoms with van der Waals surface area (Å²) in [5.74, 6) is 0. The van der Waals surface area contributed by atoms with Crippen molar-refractivity contribution in [3.63, 3.8) is 0 Å². The van der Waals surface area contributed by atoms with Gasteiger partial charge >= 0.3 is 0 Å². The first-order valence-electron chi connectivity index (χ1n) is 2.87. The highest BCUT2D eigenvalue weighted by Gasteiger charge is 1.70. The molecular weight excluding hydrogens is 98.1 g/mol. The average Bonchev–Trinajstić information content (AvgIpc) is 1.81. The Bertz CT molecular complexity index is 74.5. The quantitative estimate of drug-likeness (QED) is 0.431. The molecule has 0 aliphatic rings. The zero-order chi connectivity index (χ0) is 6.24. The zero-order valence-corrected chi connectivity index (χ0v) is 5.14. The van der Waals surface area contributed by atoms with Crippen LogP contribution in [-0.2, 0) is 0 Å². The third-order valence-electron chi connectivity index (χ3n) is 0.840. The average molecular weight is 111 g/mol. The van der Waals surface area contributed by atoms with Crippen molar-refractivity contribution in [2.45, 2.75) is 12.8 Å². The number of hydrogen-bond donors (Lipinski definition) is 1. The lowest BCUT2D eigenvalue weighted by molar-refractivity contribution is 1.04. The van der Waals surface area contributed by atoms with Gasteiger partial charge in [0, 0.05) is 6.54 Å². The van der Waals surface area contributed by atoms with E-state index in [0.717, 1.165) is 12.8 Å². The Kier molecular flexibility index (Phi) is 5.99. The van der Waals surface area contributed by atoms with E-state index < -0.39 is 0 Å². The predicted molar refractivity (Wildman–Crippen MR) is 37.6 cm³/mol. The molecule has 0 amide bonds. The molecule has 0 rings (SSSR count). The SMILES string of the molecule is C=CCC/C=C\CN. The van der Waals surface area contributed by atoms with E-state index in [1.54, 1.807) is 0 Å². The second-order valence-electron chi connectivity index (χ2n) is 1.57. The minimum atomic E-state index is 0.650. The van der Waals surface area contributed by atoms with Gasteiger partial charge in [-0.2, -0.15) is 0 Å². The fourth-order valence-corrected chi connectivity index (χ4v) is 0.428. The lowest BCUT2D eigenvalue weighted by Crippen LogP contribution is -1.91. The van der Waals surface area contributed by atoms with Crippen LogP contribution in [0, 0.1) is 0 Å². The summed E-state index contributed by atoms with van der Waals surface area (Å²) in [7, 11) is 0. The summed E-state index contributed by atoms with van der Waals surface area (Å²) in [5.41, 5.74) is 5.20. The van der Waals surface area contributed by atoms with Crippen LogP contribution in [-0.4, -0.2) is 6.54 Å². The van der Waals surface area contributed by atoms with Crippen LogP contribution in [0.4, 0.5) is 0 Å². The monoisotopic (exact) mass is 111 g/mol. The molecule has 8 heavy (non-hydrogen) atoms. The molecule has 0 saturated carbocycles. The van der Waals surface area contributed by atoms with Gasteiger partial charge in [-0.05, 0) is 12.8 Å². The van der Waals surface area contributed by atoms with Crippen molar-refractivity contribution in [3.8, 4) is 0 Å². The zero-order valence-electron chi connectivity index (χ0n) is 5.14. The molecule has 0 atom stereocenters. The molecule has 46 valence electrons. The van der Waals surface area contributed by atoms with Gasteiger partial charge in [0.1, 0.15) is 0 Å². The van der Waals surface area contributed by atoms with E-state index in [4.69, 9.17) is 5.73 Å². The van der Waals surface area contributed by atoms with Crippen LogP contribution < -0.4 is 5.73 Å². The molecule has 2 N–H and O–H groups in total. The van der Waals surface area contributed by atoms with Crippen molar-refractivity contribution in [1.82, 2.24) is 0 Å². The van der Waals surface area contributed by atoms with E-state index >= 15 is 0 Å². The summed E-state index contributed by atoms with van der Waals surface area (Å²) < 4.78 is 0. The maximum absolute atomic E-state index is 5.20. The van der Waals surface area contributed by atoms with Crippen LogP contribution in [0.15, 0.2) is 24.8 Å². The Morgan fingerprint density at radius 3 is 2.50 bits per heavy atom. The first-order valence-corrected chi connectivity index (χ1v) is 2.87. The van der Waals surface area contributed by atoms with Crippen molar-refractivity contribution in [2.24, 2.45) is 5.73 Å². The van der Waals surface area contributed by atoms with Crippen LogP contribution in [0.25, 0.3) is 0 Å². The summed E-state index contributed by atoms with van der Waals surface area (Å²) in [5, 5.41) is 0. The largest absolute Gasteiger partial charge is 0.327 e. The van der Waals surface area contributed by atoms with Crippen LogP contribution >= 0.6 is 0 Å². The second-order valence-corrected chi connectivity index (χ2v) is 1.57. The highest BCUT2D eigenvalue weighted by Crippen LogP contribution is 1.88. The van der Waals surface area contributed by atoms with Crippen LogP contribution in [0.2, 0.25) is 0 Å². The minimum Gasteiger partial charge on any atom is -0.327 e. The van der Waals surface area contributed by atoms with Crippen molar-refractivity contribution < 1.29 is 0 Å². The molecule has 0 aromatic heterocycles. The molecule has 0 heterocycles. The maximum atomic E-state index is 5.20. The Morgan fingerprint density at radius 1 is 1.25 bits per heavy atom. The Hall–Kier alpha value is -0.560. The normalized spacial score (nSPS) is 10.1. The van der Waals surface area contributed by atoms with Gasteiger partial charge in [-0.15, -0.1) is 6.58 Å². The fourth-order valence-electron chi connectivity index (χ4n) is 0.428. The number of allylic oxidation sites excluding steroid dienone is 2. The number of nitrogens with two attached hydrogens (primary N) is 1. The Balaban J connectivity index is 2.90. The highest BCUT2D eigenvalue weighted by atomic mass is 14.5. The standard InChI is InChI=1S/C7H13N/c1-2-3-4-5-6-7-8/h2,5-6H,1,3-4,7-8H2/b6-5-. The second kappa shape index (κ2) is 6.44. The lowest BCUT2D eigenvalue weighted by Gasteiger charge is -1.82. The number of rotatable bonds is 4. The fraction of sp³-hybridized carbons (Fsp3) is 0.429. The van der Waals surface area contributed by atoms with E-state index in [1.807, 2.05) is 12.2 Å². The van der Waals surface area contributed by atoms with Crippen molar-refractivity contribution in [1.29, 1.82) is 0 Å². The van der Waals surface area contributed by atoms with E-state index in [9.17, 15) is 0 Å². The molecule has 1 nitrogen and oxygen atoms in total. The van der Waals surface area contributed by atoms with Gasteiger partial charge in [-0.25, -0.2) is 0 Å². The number of hydrogen-bond acceptors (Lipinski definition) is 1. The topological polar surface area (TPSA) is 26.0 Å². The van der Waals surface area contributed by atoms with Crippen LogP contribution in [0.1, 0.15) is 12.8 Å². The van der Waals surface area contributed by atoms with Gasteiger partial charge in [0.05, 0.1) is 0 Å². The molecule has 0 bridgehead atoms.